The van der Waals surface area contributed by atoms with Crippen molar-refractivity contribution in [3.8, 4) is 5.75 Å². The predicted octanol–water partition coefficient (Wildman–Crippen LogP) is 3.44. The molecule has 0 unspecified atom stereocenters. The molecule has 0 aliphatic heterocycles. The van der Waals surface area contributed by atoms with Crippen LogP contribution in [0.1, 0.15) is 11.8 Å². The van der Waals surface area contributed by atoms with Gasteiger partial charge in [0.1, 0.15) is 5.60 Å². The lowest BCUT2D eigenvalue weighted by Gasteiger charge is -2.22. The molecule has 0 aliphatic rings. The second kappa shape index (κ2) is 7.00. The molecule has 1 aromatic heterocycles. The molecule has 0 aliphatic carbocycles. The molecule has 118 valence electrons. The first-order valence-corrected chi connectivity index (χ1v) is 7.83. The van der Waals surface area contributed by atoms with Crippen LogP contribution in [-0.2, 0) is 5.60 Å². The van der Waals surface area contributed by atoms with Crippen LogP contribution in [0, 0.1) is 0 Å². The minimum atomic E-state index is -1.12. The van der Waals surface area contributed by atoms with Gasteiger partial charge in [-0.05, 0) is 30.5 Å². The number of anilines is 1. The summed E-state index contributed by atoms with van der Waals surface area (Å²) in [7, 11) is 1.48. The second-order valence-corrected chi connectivity index (χ2v) is 6.23. The van der Waals surface area contributed by atoms with E-state index >= 15 is 0 Å². The number of amides is 2. The molecule has 1 heterocycles. The first-order chi connectivity index (χ1) is 10.4. The number of methoxy groups -OCH3 is 1. The average Bonchev–Trinajstić information content (AvgIpc) is 3.01. The first-order valence-electron chi connectivity index (χ1n) is 6.58. The van der Waals surface area contributed by atoms with Gasteiger partial charge in [0, 0.05) is 4.88 Å². The van der Waals surface area contributed by atoms with Gasteiger partial charge in [-0.25, -0.2) is 4.79 Å². The fourth-order valence-corrected chi connectivity index (χ4v) is 2.94. The third-order valence-corrected chi connectivity index (χ3v) is 4.49. The van der Waals surface area contributed by atoms with Crippen molar-refractivity contribution in [2.75, 3.05) is 19.0 Å². The highest BCUT2D eigenvalue weighted by Gasteiger charge is 2.25. The quantitative estimate of drug-likeness (QED) is 0.780. The topological polar surface area (TPSA) is 70.6 Å². The Kier molecular flexibility index (Phi) is 5.28. The van der Waals surface area contributed by atoms with Crippen LogP contribution < -0.4 is 15.4 Å². The van der Waals surface area contributed by atoms with Crippen molar-refractivity contribution in [3.05, 3.63) is 45.6 Å². The molecule has 7 heteroatoms. The van der Waals surface area contributed by atoms with Gasteiger partial charge in [-0.2, -0.15) is 0 Å². The number of hydrogen-bond acceptors (Lipinski definition) is 4. The summed E-state index contributed by atoms with van der Waals surface area (Å²) in [6.45, 7) is 1.74. The van der Waals surface area contributed by atoms with Crippen LogP contribution in [0.4, 0.5) is 10.5 Å². The van der Waals surface area contributed by atoms with Gasteiger partial charge in [-0.3, -0.25) is 0 Å². The van der Waals surface area contributed by atoms with Crippen LogP contribution in [0.3, 0.4) is 0 Å². The summed E-state index contributed by atoms with van der Waals surface area (Å²) in [6.07, 6.45) is 0. The number of para-hydroxylation sites is 1. The molecule has 0 saturated heterocycles. The summed E-state index contributed by atoms with van der Waals surface area (Å²) in [5.41, 5.74) is -0.660. The third-order valence-electron chi connectivity index (χ3n) is 3.06. The molecule has 2 amide bonds. The Morgan fingerprint density at radius 1 is 1.41 bits per heavy atom. The predicted molar refractivity (Wildman–Crippen MR) is 88.9 cm³/mol. The SMILES string of the molecule is COc1c(Cl)cccc1NC(=O)NC[C@@](C)(O)c1cccs1. The van der Waals surface area contributed by atoms with Gasteiger partial charge in [-0.1, -0.05) is 23.7 Å². The standard InChI is InChI=1S/C15H17ClN2O3S/c1-15(20,12-7-4-8-22-12)9-17-14(19)18-11-6-3-5-10(16)13(11)21-2/h3-8,20H,9H2,1-2H3,(H2,17,18,19)/t15-/m1/s1. The van der Waals surface area contributed by atoms with Gasteiger partial charge < -0.3 is 20.5 Å². The second-order valence-electron chi connectivity index (χ2n) is 4.88. The number of rotatable bonds is 5. The van der Waals surface area contributed by atoms with Crippen molar-refractivity contribution in [1.29, 1.82) is 0 Å². The Morgan fingerprint density at radius 3 is 2.82 bits per heavy atom. The molecule has 2 aromatic rings. The number of aliphatic hydroxyl groups is 1. The fourth-order valence-electron chi connectivity index (χ4n) is 1.91. The molecule has 22 heavy (non-hydrogen) atoms. The summed E-state index contributed by atoms with van der Waals surface area (Å²) < 4.78 is 5.16. The van der Waals surface area contributed by atoms with E-state index < -0.39 is 11.6 Å². The van der Waals surface area contributed by atoms with E-state index in [1.807, 2.05) is 17.5 Å². The van der Waals surface area contributed by atoms with Crippen LogP contribution in [0.15, 0.2) is 35.7 Å². The summed E-state index contributed by atoms with van der Waals surface area (Å²) in [6, 6.07) is 8.29. The lowest BCUT2D eigenvalue weighted by Crippen LogP contribution is -2.40. The van der Waals surface area contributed by atoms with Crippen molar-refractivity contribution in [2.45, 2.75) is 12.5 Å². The van der Waals surface area contributed by atoms with Crippen molar-refractivity contribution in [3.63, 3.8) is 0 Å². The van der Waals surface area contributed by atoms with Gasteiger partial charge in [0.25, 0.3) is 0 Å². The monoisotopic (exact) mass is 340 g/mol. The minimum absolute atomic E-state index is 0.0855. The Balaban J connectivity index is 1.98. The lowest BCUT2D eigenvalue weighted by molar-refractivity contribution is 0.0637. The summed E-state index contributed by atoms with van der Waals surface area (Å²) in [5.74, 6) is 0.393. The number of urea groups is 1. The summed E-state index contributed by atoms with van der Waals surface area (Å²) in [4.78, 5) is 12.8. The van der Waals surface area contributed by atoms with E-state index in [4.69, 9.17) is 16.3 Å². The summed E-state index contributed by atoms with van der Waals surface area (Å²) >= 11 is 7.43. The maximum Gasteiger partial charge on any atom is 0.319 e. The molecular formula is C15H17ClN2O3S. The molecule has 0 bridgehead atoms. The number of thiophene rings is 1. The molecule has 5 nitrogen and oxygen atoms in total. The van der Waals surface area contributed by atoms with Crippen LogP contribution in [0.5, 0.6) is 5.75 Å². The molecule has 0 spiro atoms. The molecule has 3 N–H and O–H groups in total. The average molecular weight is 341 g/mol. The zero-order chi connectivity index (χ0) is 16.2. The zero-order valence-electron chi connectivity index (χ0n) is 12.2. The van der Waals surface area contributed by atoms with Crippen molar-refractivity contribution < 1.29 is 14.6 Å². The number of carbonyl (C=O) groups excluding carboxylic acids is 1. The number of ether oxygens (including phenoxy) is 1. The third kappa shape index (κ3) is 3.91. The van der Waals surface area contributed by atoms with Crippen LogP contribution in [-0.4, -0.2) is 24.8 Å². The smallest absolute Gasteiger partial charge is 0.319 e. The largest absolute Gasteiger partial charge is 0.493 e. The molecule has 0 fully saturated rings. The lowest BCUT2D eigenvalue weighted by atomic mass is 10.1. The minimum Gasteiger partial charge on any atom is -0.493 e. The number of carbonyl (C=O) groups is 1. The molecule has 1 aromatic carbocycles. The van der Waals surface area contributed by atoms with Gasteiger partial charge in [0.15, 0.2) is 5.75 Å². The van der Waals surface area contributed by atoms with E-state index in [0.717, 1.165) is 4.88 Å². The molecule has 0 saturated carbocycles. The van der Waals surface area contributed by atoms with Gasteiger partial charge >= 0.3 is 6.03 Å². The van der Waals surface area contributed by atoms with E-state index in [1.54, 1.807) is 25.1 Å². The number of nitrogens with one attached hydrogen (secondary N) is 2. The van der Waals surface area contributed by atoms with E-state index in [0.29, 0.717) is 16.5 Å². The van der Waals surface area contributed by atoms with E-state index in [1.165, 1.54) is 18.4 Å². The normalized spacial score (nSPS) is 13.3. The van der Waals surface area contributed by atoms with E-state index in [9.17, 15) is 9.90 Å². The maximum absolute atomic E-state index is 12.0. The molecule has 1 atom stereocenters. The highest BCUT2D eigenvalue weighted by atomic mass is 35.5. The number of halogens is 1. The highest BCUT2D eigenvalue weighted by Crippen LogP contribution is 2.32. The van der Waals surface area contributed by atoms with Crippen LogP contribution in [0.25, 0.3) is 0 Å². The number of benzene rings is 1. The highest BCUT2D eigenvalue weighted by molar-refractivity contribution is 7.10. The maximum atomic E-state index is 12.0. The Morgan fingerprint density at radius 2 is 2.18 bits per heavy atom. The molecule has 0 radical (unpaired) electrons. The van der Waals surface area contributed by atoms with Gasteiger partial charge in [0.2, 0.25) is 0 Å². The first kappa shape index (κ1) is 16.6. The molecular weight excluding hydrogens is 324 g/mol. The summed E-state index contributed by atoms with van der Waals surface area (Å²) in [5, 5.41) is 17.9. The zero-order valence-corrected chi connectivity index (χ0v) is 13.8. The molecule has 2 rings (SSSR count). The Bertz CT molecular complexity index is 644. The van der Waals surface area contributed by atoms with Gasteiger partial charge in [0.05, 0.1) is 24.4 Å². The van der Waals surface area contributed by atoms with Crippen LogP contribution >= 0.6 is 22.9 Å². The Labute approximate surface area is 137 Å². The van der Waals surface area contributed by atoms with Crippen molar-refractivity contribution in [2.24, 2.45) is 0 Å². The van der Waals surface area contributed by atoms with Crippen LogP contribution in [0.2, 0.25) is 5.02 Å². The van der Waals surface area contributed by atoms with Crippen molar-refractivity contribution >= 4 is 34.7 Å². The van der Waals surface area contributed by atoms with E-state index in [2.05, 4.69) is 10.6 Å². The van der Waals surface area contributed by atoms with Crippen molar-refractivity contribution in [1.82, 2.24) is 5.32 Å². The van der Waals surface area contributed by atoms with E-state index in [-0.39, 0.29) is 6.54 Å². The Hall–Kier alpha value is -1.76. The fraction of sp³-hybridized carbons (Fsp3) is 0.267. The number of hydrogen-bond donors (Lipinski definition) is 3. The van der Waals surface area contributed by atoms with Gasteiger partial charge in [-0.15, -0.1) is 11.3 Å².